The molecule has 0 aromatic heterocycles. The number of hydrogen-bond acceptors (Lipinski definition) is 6. The van der Waals surface area contributed by atoms with E-state index in [0.717, 1.165) is 37.7 Å². The molecule has 1 spiro atoms. The van der Waals surface area contributed by atoms with Gasteiger partial charge < -0.3 is 24.1 Å². The van der Waals surface area contributed by atoms with Crippen molar-refractivity contribution in [2.24, 2.45) is 17.3 Å². The predicted molar refractivity (Wildman–Crippen MR) is 105 cm³/mol. The van der Waals surface area contributed by atoms with Gasteiger partial charge in [0.2, 0.25) is 0 Å². The van der Waals surface area contributed by atoms with E-state index in [9.17, 15) is 9.90 Å². The predicted octanol–water partition coefficient (Wildman–Crippen LogP) is 3.12. The number of ketones is 1. The molecule has 0 unspecified atom stereocenters. The van der Waals surface area contributed by atoms with Gasteiger partial charge in [0.15, 0.2) is 17.4 Å². The maximum atomic E-state index is 13.5. The van der Waals surface area contributed by atoms with Crippen LogP contribution >= 0.6 is 0 Å². The number of aliphatic hydroxyl groups excluding tert-OH is 1. The Morgan fingerprint density at radius 1 is 1.03 bits per heavy atom. The van der Waals surface area contributed by atoms with E-state index in [0.29, 0.717) is 51.6 Å². The van der Waals surface area contributed by atoms with Gasteiger partial charge in [-0.3, -0.25) is 4.79 Å². The average molecular weight is 407 g/mol. The molecule has 2 aliphatic heterocycles. The van der Waals surface area contributed by atoms with Gasteiger partial charge in [0.05, 0.1) is 32.5 Å². The second-order valence-electron chi connectivity index (χ2n) is 9.93. The molecular weight excluding hydrogens is 372 g/mol. The molecule has 0 amide bonds. The summed E-state index contributed by atoms with van der Waals surface area (Å²) in [5.41, 5.74) is 1.87. The quantitative estimate of drug-likeness (QED) is 0.776. The number of fused-ring (bicyclic) bond motifs is 3. The second-order valence-corrected chi connectivity index (χ2v) is 9.93. The van der Waals surface area contributed by atoms with Crippen LogP contribution in [-0.4, -0.2) is 55.0 Å². The third-order valence-corrected chi connectivity index (χ3v) is 8.34. The molecule has 6 heteroatoms. The van der Waals surface area contributed by atoms with Crippen molar-refractivity contribution in [1.29, 1.82) is 0 Å². The van der Waals surface area contributed by atoms with Crippen LogP contribution in [0.4, 0.5) is 0 Å². The largest absolute Gasteiger partial charge is 0.392 e. The first kappa shape index (κ1) is 20.1. The van der Waals surface area contributed by atoms with Gasteiger partial charge in [0, 0.05) is 36.2 Å². The molecule has 0 radical (unpaired) electrons. The molecule has 2 heterocycles. The number of rotatable bonds is 3. The summed E-state index contributed by atoms with van der Waals surface area (Å²) in [4.78, 5) is 13.5. The summed E-state index contributed by atoms with van der Waals surface area (Å²) in [6.07, 6.45) is 5.90. The molecule has 0 aromatic carbocycles. The van der Waals surface area contributed by atoms with Crippen LogP contribution in [0.3, 0.4) is 0 Å². The zero-order valence-corrected chi connectivity index (χ0v) is 17.7. The fraction of sp³-hybridized carbons (Fsp3) is 0.870. The summed E-state index contributed by atoms with van der Waals surface area (Å²) < 4.78 is 23.9. The maximum Gasteiger partial charge on any atom is 0.174 e. The fourth-order valence-corrected chi connectivity index (χ4v) is 6.86. The normalized spacial score (nSPS) is 40.9. The molecule has 0 bridgehead atoms. The van der Waals surface area contributed by atoms with Crippen molar-refractivity contribution in [3.05, 3.63) is 11.1 Å². The Hall–Kier alpha value is -0.790. The molecule has 5 aliphatic rings. The monoisotopic (exact) mass is 406 g/mol. The van der Waals surface area contributed by atoms with Gasteiger partial charge in [-0.1, -0.05) is 12.5 Å². The highest BCUT2D eigenvalue weighted by molar-refractivity contribution is 5.98. The lowest BCUT2D eigenvalue weighted by molar-refractivity contribution is -0.265. The molecule has 3 fully saturated rings. The number of hydrogen-bond donors (Lipinski definition) is 1. The van der Waals surface area contributed by atoms with Crippen LogP contribution in [0.2, 0.25) is 0 Å². The first-order chi connectivity index (χ1) is 13.9. The van der Waals surface area contributed by atoms with Crippen LogP contribution < -0.4 is 0 Å². The van der Waals surface area contributed by atoms with Crippen molar-refractivity contribution in [1.82, 2.24) is 0 Å². The first-order valence-corrected chi connectivity index (χ1v) is 11.4. The van der Waals surface area contributed by atoms with E-state index in [1.165, 1.54) is 5.57 Å². The topological polar surface area (TPSA) is 74.2 Å². The highest BCUT2D eigenvalue weighted by Crippen LogP contribution is 2.61. The molecule has 1 saturated carbocycles. The van der Waals surface area contributed by atoms with Crippen molar-refractivity contribution >= 4 is 5.78 Å². The van der Waals surface area contributed by atoms with E-state index >= 15 is 0 Å². The smallest absolute Gasteiger partial charge is 0.174 e. The average Bonchev–Trinajstić information content (AvgIpc) is 3.33. The van der Waals surface area contributed by atoms with Gasteiger partial charge in [0.25, 0.3) is 0 Å². The van der Waals surface area contributed by atoms with Crippen molar-refractivity contribution < 1.29 is 28.8 Å². The van der Waals surface area contributed by atoms with Gasteiger partial charge in [-0.05, 0) is 44.9 Å². The molecule has 3 aliphatic carbocycles. The summed E-state index contributed by atoms with van der Waals surface area (Å²) in [5.74, 6) is -0.851. The minimum Gasteiger partial charge on any atom is -0.392 e. The second kappa shape index (κ2) is 7.13. The lowest BCUT2D eigenvalue weighted by Gasteiger charge is -2.56. The Morgan fingerprint density at radius 2 is 1.72 bits per heavy atom. The van der Waals surface area contributed by atoms with Crippen LogP contribution in [0.1, 0.15) is 65.2 Å². The maximum absolute atomic E-state index is 13.5. The third kappa shape index (κ3) is 3.06. The molecular formula is C23H34O6. The minimum absolute atomic E-state index is 0.122. The number of ether oxygens (including phenoxy) is 4. The summed E-state index contributed by atoms with van der Waals surface area (Å²) in [6, 6.07) is 0. The van der Waals surface area contributed by atoms with Gasteiger partial charge in [0.1, 0.15) is 0 Å². The lowest BCUT2D eigenvalue weighted by atomic mass is 9.52. The van der Waals surface area contributed by atoms with E-state index in [1.54, 1.807) is 0 Å². The fourth-order valence-electron chi connectivity index (χ4n) is 6.86. The van der Waals surface area contributed by atoms with E-state index in [2.05, 4.69) is 6.92 Å². The molecule has 0 aromatic rings. The number of allylic oxidation sites excluding steroid dienone is 1. The summed E-state index contributed by atoms with van der Waals surface area (Å²) in [6.45, 7) is 6.61. The Kier molecular flexibility index (Phi) is 4.95. The highest BCUT2D eigenvalue weighted by Gasteiger charge is 2.62. The molecule has 5 rings (SSSR count). The SMILES string of the molecule is CC1(CC[C@H]2C3=C(CC[C@@H]2O)[C@@H]2CCCC4(OCCO4)[C@@]2(C)CC3=O)OCCO1. The van der Waals surface area contributed by atoms with Gasteiger partial charge in [-0.2, -0.15) is 0 Å². The van der Waals surface area contributed by atoms with E-state index in [4.69, 9.17) is 18.9 Å². The van der Waals surface area contributed by atoms with E-state index in [-0.39, 0.29) is 17.1 Å². The molecule has 162 valence electrons. The standard InChI is InChI=1S/C23H34O6/c1-21-14-19(25)20-15(17(21)4-3-8-23(21)28-12-13-29-23)5-6-18(24)16(20)7-9-22(2)26-10-11-27-22/h16-18,24H,3-14H2,1-2H3/t16-,17+,18+,21+/m1/s1. The molecule has 29 heavy (non-hydrogen) atoms. The van der Waals surface area contributed by atoms with Crippen LogP contribution in [0, 0.1) is 17.3 Å². The third-order valence-electron chi connectivity index (χ3n) is 8.34. The Morgan fingerprint density at radius 3 is 2.45 bits per heavy atom. The zero-order chi connectivity index (χ0) is 20.3. The summed E-state index contributed by atoms with van der Waals surface area (Å²) >= 11 is 0. The number of carbonyl (C=O) groups is 1. The number of aliphatic hydroxyl groups is 1. The van der Waals surface area contributed by atoms with E-state index < -0.39 is 17.7 Å². The van der Waals surface area contributed by atoms with Gasteiger partial charge >= 0.3 is 0 Å². The Bertz CT molecular complexity index is 702. The van der Waals surface area contributed by atoms with Crippen molar-refractivity contribution in [2.75, 3.05) is 26.4 Å². The Labute approximate surface area is 172 Å². The van der Waals surface area contributed by atoms with Crippen LogP contribution in [0.25, 0.3) is 0 Å². The van der Waals surface area contributed by atoms with Crippen LogP contribution in [0.15, 0.2) is 11.1 Å². The Balaban J connectivity index is 1.46. The number of Topliss-reactive ketones (excluding diaryl/α,β-unsaturated/α-hetero) is 1. The lowest BCUT2D eigenvalue weighted by Crippen LogP contribution is -2.58. The molecule has 2 saturated heterocycles. The van der Waals surface area contributed by atoms with Gasteiger partial charge in [-0.15, -0.1) is 0 Å². The molecule has 4 atom stereocenters. The van der Waals surface area contributed by atoms with E-state index in [1.807, 2.05) is 6.92 Å². The van der Waals surface area contributed by atoms with Crippen molar-refractivity contribution in [3.63, 3.8) is 0 Å². The molecule has 6 nitrogen and oxygen atoms in total. The summed E-state index contributed by atoms with van der Waals surface area (Å²) in [7, 11) is 0. The zero-order valence-electron chi connectivity index (χ0n) is 17.7. The number of carbonyl (C=O) groups excluding carboxylic acids is 1. The molecule has 1 N–H and O–H groups in total. The minimum atomic E-state index is -0.616. The first-order valence-electron chi connectivity index (χ1n) is 11.4. The van der Waals surface area contributed by atoms with Gasteiger partial charge in [-0.25, -0.2) is 0 Å². The summed E-state index contributed by atoms with van der Waals surface area (Å²) in [5, 5.41) is 10.8. The van der Waals surface area contributed by atoms with Crippen molar-refractivity contribution in [3.8, 4) is 0 Å². The van der Waals surface area contributed by atoms with Crippen LogP contribution in [0.5, 0.6) is 0 Å². The van der Waals surface area contributed by atoms with Crippen molar-refractivity contribution in [2.45, 2.75) is 82.9 Å². The van der Waals surface area contributed by atoms with Crippen LogP contribution in [-0.2, 0) is 23.7 Å². The highest BCUT2D eigenvalue weighted by atomic mass is 16.7.